The molecular formula is C20H23N. The fraction of sp³-hybridized carbons (Fsp3) is 0.300. The van der Waals surface area contributed by atoms with Crippen molar-refractivity contribution in [3.63, 3.8) is 0 Å². The molecule has 1 aliphatic heterocycles. The van der Waals surface area contributed by atoms with E-state index in [1.807, 2.05) is 0 Å². The van der Waals surface area contributed by atoms with Crippen LogP contribution < -0.4 is 5.32 Å². The Hall–Kier alpha value is -2.02. The molecule has 0 saturated carbocycles. The van der Waals surface area contributed by atoms with Gasteiger partial charge in [0.25, 0.3) is 0 Å². The number of benzene rings is 2. The Kier molecular flexibility index (Phi) is 3.36. The van der Waals surface area contributed by atoms with Crippen molar-refractivity contribution in [1.82, 2.24) is 0 Å². The molecule has 0 amide bonds. The monoisotopic (exact) mass is 277 g/mol. The van der Waals surface area contributed by atoms with Crippen LogP contribution in [-0.2, 0) is 11.8 Å². The van der Waals surface area contributed by atoms with Crippen molar-refractivity contribution in [1.29, 1.82) is 0 Å². The summed E-state index contributed by atoms with van der Waals surface area (Å²) in [4.78, 5) is 0. The molecule has 1 unspecified atom stereocenters. The lowest BCUT2D eigenvalue weighted by atomic mass is 9.79. The Bertz CT molecular complexity index is 667. The van der Waals surface area contributed by atoms with Gasteiger partial charge in [0, 0.05) is 16.8 Å². The molecule has 1 heteroatoms. The van der Waals surface area contributed by atoms with Gasteiger partial charge in [-0.3, -0.25) is 0 Å². The normalized spacial score (nSPS) is 17.2. The summed E-state index contributed by atoms with van der Waals surface area (Å²) in [7, 11) is 0. The molecule has 1 N–H and O–H groups in total. The zero-order chi connectivity index (χ0) is 15.0. The zero-order valence-electron chi connectivity index (χ0n) is 13.1. The molecule has 0 aliphatic carbocycles. The molecule has 0 fully saturated rings. The SMILES string of the molecule is C=C1Nc2cccc(CC(C)c3ccccc3)c2C1(C)C. The number of anilines is 1. The number of allylic oxidation sites excluding steroid dienone is 1. The summed E-state index contributed by atoms with van der Waals surface area (Å²) in [5.41, 5.74) is 6.57. The summed E-state index contributed by atoms with van der Waals surface area (Å²) < 4.78 is 0. The van der Waals surface area contributed by atoms with Gasteiger partial charge in [-0.1, -0.05) is 69.8 Å². The van der Waals surface area contributed by atoms with Crippen LogP contribution in [0.25, 0.3) is 0 Å². The third-order valence-electron chi connectivity index (χ3n) is 4.71. The Balaban J connectivity index is 1.95. The lowest BCUT2D eigenvalue weighted by Crippen LogP contribution is -2.18. The van der Waals surface area contributed by atoms with Gasteiger partial charge in [-0.15, -0.1) is 0 Å². The van der Waals surface area contributed by atoms with Crippen LogP contribution >= 0.6 is 0 Å². The molecular weight excluding hydrogens is 254 g/mol. The Morgan fingerprint density at radius 2 is 1.76 bits per heavy atom. The van der Waals surface area contributed by atoms with E-state index in [0.717, 1.165) is 12.1 Å². The second-order valence-electron chi connectivity index (χ2n) is 6.58. The summed E-state index contributed by atoms with van der Waals surface area (Å²) in [6, 6.07) is 17.3. The van der Waals surface area contributed by atoms with Gasteiger partial charge in [0.1, 0.15) is 0 Å². The van der Waals surface area contributed by atoms with Crippen LogP contribution in [0.5, 0.6) is 0 Å². The van der Waals surface area contributed by atoms with Gasteiger partial charge in [0.05, 0.1) is 0 Å². The van der Waals surface area contributed by atoms with Crippen molar-refractivity contribution >= 4 is 5.69 Å². The Labute approximate surface area is 127 Å². The van der Waals surface area contributed by atoms with E-state index in [0.29, 0.717) is 5.92 Å². The molecule has 0 bridgehead atoms. The van der Waals surface area contributed by atoms with Crippen LogP contribution in [0.15, 0.2) is 60.8 Å². The van der Waals surface area contributed by atoms with Gasteiger partial charge < -0.3 is 5.32 Å². The molecule has 1 nitrogen and oxygen atoms in total. The van der Waals surface area contributed by atoms with Crippen LogP contribution in [0.3, 0.4) is 0 Å². The fourth-order valence-corrected chi connectivity index (χ4v) is 3.31. The lowest BCUT2D eigenvalue weighted by molar-refractivity contribution is 0.638. The van der Waals surface area contributed by atoms with E-state index in [9.17, 15) is 0 Å². The first-order valence-electron chi connectivity index (χ1n) is 7.64. The third-order valence-corrected chi connectivity index (χ3v) is 4.71. The highest BCUT2D eigenvalue weighted by Crippen LogP contribution is 2.45. The maximum atomic E-state index is 4.19. The number of fused-ring (bicyclic) bond motifs is 1. The lowest BCUT2D eigenvalue weighted by Gasteiger charge is -2.23. The average Bonchev–Trinajstić information content (AvgIpc) is 2.71. The molecule has 1 aliphatic rings. The van der Waals surface area contributed by atoms with Crippen molar-refractivity contribution in [3.05, 3.63) is 77.5 Å². The summed E-state index contributed by atoms with van der Waals surface area (Å²) in [6.07, 6.45) is 1.06. The minimum Gasteiger partial charge on any atom is -0.358 e. The van der Waals surface area contributed by atoms with E-state index >= 15 is 0 Å². The average molecular weight is 277 g/mol. The number of nitrogens with one attached hydrogen (secondary N) is 1. The molecule has 0 radical (unpaired) electrons. The smallest absolute Gasteiger partial charge is 0.0426 e. The second kappa shape index (κ2) is 5.07. The Morgan fingerprint density at radius 1 is 1.05 bits per heavy atom. The predicted molar refractivity (Wildman–Crippen MR) is 90.8 cm³/mol. The molecule has 2 aromatic carbocycles. The molecule has 21 heavy (non-hydrogen) atoms. The summed E-state index contributed by atoms with van der Waals surface area (Å²) in [6.45, 7) is 11.0. The molecule has 108 valence electrons. The molecule has 0 spiro atoms. The maximum absolute atomic E-state index is 4.19. The maximum Gasteiger partial charge on any atom is 0.0426 e. The summed E-state index contributed by atoms with van der Waals surface area (Å²) in [5, 5.41) is 3.45. The number of rotatable bonds is 3. The molecule has 2 aromatic rings. The molecule has 0 saturated heterocycles. The Morgan fingerprint density at radius 3 is 2.48 bits per heavy atom. The van der Waals surface area contributed by atoms with Crippen molar-refractivity contribution in [2.75, 3.05) is 5.32 Å². The van der Waals surface area contributed by atoms with Crippen LogP contribution in [0.4, 0.5) is 5.69 Å². The van der Waals surface area contributed by atoms with E-state index in [1.54, 1.807) is 0 Å². The minimum atomic E-state index is 0.00232. The first kappa shape index (κ1) is 13.9. The predicted octanol–water partition coefficient (Wildman–Crippen LogP) is 5.25. The van der Waals surface area contributed by atoms with E-state index < -0.39 is 0 Å². The van der Waals surface area contributed by atoms with Crippen molar-refractivity contribution in [2.24, 2.45) is 0 Å². The standard InChI is InChI=1S/C20H23N/c1-14(16-9-6-5-7-10-16)13-17-11-8-12-18-19(17)20(3,4)15(2)21-18/h5-12,14,21H,2,13H2,1,3-4H3. The second-order valence-corrected chi connectivity index (χ2v) is 6.58. The largest absolute Gasteiger partial charge is 0.358 e. The van der Waals surface area contributed by atoms with Crippen LogP contribution in [0.1, 0.15) is 43.4 Å². The van der Waals surface area contributed by atoms with Gasteiger partial charge in [-0.2, -0.15) is 0 Å². The molecule has 1 atom stereocenters. The summed E-state index contributed by atoms with van der Waals surface area (Å²) >= 11 is 0. The quantitative estimate of drug-likeness (QED) is 0.808. The molecule has 0 aromatic heterocycles. The first-order chi connectivity index (χ1) is 10.00. The van der Waals surface area contributed by atoms with Gasteiger partial charge >= 0.3 is 0 Å². The van der Waals surface area contributed by atoms with E-state index in [1.165, 1.54) is 22.4 Å². The minimum absolute atomic E-state index is 0.00232. The molecule has 3 rings (SSSR count). The zero-order valence-corrected chi connectivity index (χ0v) is 13.1. The van der Waals surface area contributed by atoms with Gasteiger partial charge in [-0.05, 0) is 35.1 Å². The highest BCUT2D eigenvalue weighted by Gasteiger charge is 2.35. The first-order valence-corrected chi connectivity index (χ1v) is 7.64. The van der Waals surface area contributed by atoms with Gasteiger partial charge in [0.2, 0.25) is 0 Å². The van der Waals surface area contributed by atoms with Gasteiger partial charge in [0.15, 0.2) is 0 Å². The van der Waals surface area contributed by atoms with Crippen molar-refractivity contribution < 1.29 is 0 Å². The van der Waals surface area contributed by atoms with Crippen molar-refractivity contribution in [3.8, 4) is 0 Å². The van der Waals surface area contributed by atoms with Crippen LogP contribution in [-0.4, -0.2) is 0 Å². The van der Waals surface area contributed by atoms with Crippen LogP contribution in [0, 0.1) is 0 Å². The third kappa shape index (κ3) is 2.37. The highest BCUT2D eigenvalue weighted by atomic mass is 14.9. The number of hydrogen-bond acceptors (Lipinski definition) is 1. The van der Waals surface area contributed by atoms with Gasteiger partial charge in [-0.25, -0.2) is 0 Å². The fourth-order valence-electron chi connectivity index (χ4n) is 3.31. The van der Waals surface area contributed by atoms with E-state index in [-0.39, 0.29) is 5.41 Å². The van der Waals surface area contributed by atoms with E-state index in [4.69, 9.17) is 0 Å². The van der Waals surface area contributed by atoms with E-state index in [2.05, 4.69) is 81.2 Å². The van der Waals surface area contributed by atoms with Crippen molar-refractivity contribution in [2.45, 2.75) is 38.5 Å². The highest BCUT2D eigenvalue weighted by molar-refractivity contribution is 5.69. The molecule has 1 heterocycles. The topological polar surface area (TPSA) is 12.0 Å². The van der Waals surface area contributed by atoms with Crippen LogP contribution in [0.2, 0.25) is 0 Å². The summed E-state index contributed by atoms with van der Waals surface area (Å²) in [5.74, 6) is 0.516. The number of hydrogen-bond donors (Lipinski definition) is 1.